The molecule has 0 aliphatic rings. The molecule has 1 rings (SSSR count). The first-order valence-electron chi connectivity index (χ1n) is 7.48. The van der Waals surface area contributed by atoms with Crippen LogP contribution < -0.4 is 5.32 Å². The van der Waals surface area contributed by atoms with Crippen LogP contribution >= 0.6 is 11.8 Å². The average molecular weight is 309 g/mol. The summed E-state index contributed by atoms with van der Waals surface area (Å²) in [4.78, 5) is 12.5. The van der Waals surface area contributed by atoms with E-state index in [1.165, 1.54) is 7.11 Å². The molecule has 4 heteroatoms. The zero-order valence-electron chi connectivity index (χ0n) is 13.7. The molecule has 21 heavy (non-hydrogen) atoms. The van der Waals surface area contributed by atoms with Gasteiger partial charge in [-0.1, -0.05) is 58.0 Å². The smallest absolute Gasteiger partial charge is 0.331 e. The number of nitrogens with one attached hydrogen (secondary N) is 1. The summed E-state index contributed by atoms with van der Waals surface area (Å²) in [5.74, 6) is 1.01. The van der Waals surface area contributed by atoms with Crippen LogP contribution in [0, 0.1) is 5.92 Å². The predicted octanol–water partition coefficient (Wildman–Crippen LogP) is 3.44. The molecule has 0 aliphatic heterocycles. The van der Waals surface area contributed by atoms with Gasteiger partial charge in [-0.15, -0.1) is 0 Å². The molecule has 3 nitrogen and oxygen atoms in total. The van der Waals surface area contributed by atoms with Crippen LogP contribution in [-0.4, -0.2) is 30.6 Å². The molecule has 0 heterocycles. The maximum Gasteiger partial charge on any atom is 0.331 e. The molecule has 0 amide bonds. The second-order valence-electron chi connectivity index (χ2n) is 5.55. The molecule has 1 aromatic rings. The summed E-state index contributed by atoms with van der Waals surface area (Å²) in [6.07, 6.45) is 0. The minimum Gasteiger partial charge on any atom is -0.467 e. The Balaban J connectivity index is 3.10. The number of benzene rings is 1. The van der Waals surface area contributed by atoms with Crippen molar-refractivity contribution in [2.24, 2.45) is 5.92 Å². The lowest BCUT2D eigenvalue weighted by atomic mass is 9.91. The normalized spacial score (nSPS) is 15.5. The molecule has 0 fully saturated rings. The quantitative estimate of drug-likeness (QED) is 0.747. The second-order valence-corrected chi connectivity index (χ2v) is 6.92. The first-order chi connectivity index (χ1) is 9.97. The summed E-state index contributed by atoms with van der Waals surface area (Å²) in [7, 11) is 1.45. The highest BCUT2D eigenvalue weighted by molar-refractivity contribution is 8.00. The second kappa shape index (κ2) is 8.44. The number of hydrogen-bond donors (Lipinski definition) is 1. The van der Waals surface area contributed by atoms with Gasteiger partial charge in [-0.3, -0.25) is 5.32 Å². The van der Waals surface area contributed by atoms with Gasteiger partial charge < -0.3 is 4.74 Å². The molecule has 0 saturated heterocycles. The summed E-state index contributed by atoms with van der Waals surface area (Å²) in [5, 5.41) is 3.84. The topological polar surface area (TPSA) is 38.3 Å². The van der Waals surface area contributed by atoms with Gasteiger partial charge in [-0.25, -0.2) is 4.79 Å². The number of hydrogen-bond acceptors (Lipinski definition) is 4. The molecule has 0 aliphatic carbocycles. The molecule has 2 unspecified atom stereocenters. The van der Waals surface area contributed by atoms with Crippen molar-refractivity contribution in [2.75, 3.05) is 19.4 Å². The van der Waals surface area contributed by atoms with Gasteiger partial charge in [-0.05, 0) is 18.0 Å². The Morgan fingerprint density at radius 3 is 2.38 bits per heavy atom. The standard InChI is InChI=1S/C17H27NO2S/c1-6-18-17(16(19)20-5,12-21-14(4)13(2)3)15-10-8-7-9-11-15/h7-11,13-14,18H,6,12H2,1-5H3. The highest BCUT2D eigenvalue weighted by Gasteiger charge is 2.41. The Hall–Kier alpha value is -1.00. The van der Waals surface area contributed by atoms with E-state index >= 15 is 0 Å². The SMILES string of the molecule is CCNC(CSC(C)C(C)C)(C(=O)OC)c1ccccc1. The first kappa shape index (κ1) is 18.1. The number of thioether (sulfide) groups is 1. The summed E-state index contributed by atoms with van der Waals surface area (Å²) < 4.78 is 5.10. The number of likely N-dealkylation sites (N-methyl/N-ethyl adjacent to an activating group) is 1. The lowest BCUT2D eigenvalue weighted by molar-refractivity contribution is -0.148. The molecule has 1 aromatic carbocycles. The Bertz CT molecular complexity index is 436. The van der Waals surface area contributed by atoms with Crippen LogP contribution in [0.4, 0.5) is 0 Å². The molecule has 0 spiro atoms. The zero-order chi connectivity index (χ0) is 15.9. The summed E-state index contributed by atoms with van der Waals surface area (Å²) in [6.45, 7) is 9.33. The lowest BCUT2D eigenvalue weighted by Gasteiger charge is -2.33. The fourth-order valence-electron chi connectivity index (χ4n) is 2.13. The van der Waals surface area contributed by atoms with Gasteiger partial charge in [0.25, 0.3) is 0 Å². The third-order valence-electron chi connectivity index (χ3n) is 3.78. The van der Waals surface area contributed by atoms with Crippen molar-refractivity contribution in [2.45, 2.75) is 38.5 Å². The number of esters is 1. The van der Waals surface area contributed by atoms with E-state index < -0.39 is 5.54 Å². The van der Waals surface area contributed by atoms with Crippen molar-refractivity contribution < 1.29 is 9.53 Å². The van der Waals surface area contributed by atoms with Gasteiger partial charge in [0, 0.05) is 11.0 Å². The first-order valence-corrected chi connectivity index (χ1v) is 8.53. The summed E-state index contributed by atoms with van der Waals surface area (Å²) >= 11 is 1.81. The molecular weight excluding hydrogens is 282 g/mol. The molecule has 0 radical (unpaired) electrons. The van der Waals surface area contributed by atoms with Crippen molar-refractivity contribution in [3.05, 3.63) is 35.9 Å². The van der Waals surface area contributed by atoms with Crippen LogP contribution in [0.15, 0.2) is 30.3 Å². The van der Waals surface area contributed by atoms with Crippen molar-refractivity contribution in [1.82, 2.24) is 5.32 Å². The number of ether oxygens (including phenoxy) is 1. The predicted molar refractivity (Wildman–Crippen MR) is 90.6 cm³/mol. The van der Waals surface area contributed by atoms with Crippen LogP contribution in [0.3, 0.4) is 0 Å². The molecule has 0 bridgehead atoms. The highest BCUT2D eigenvalue weighted by atomic mass is 32.2. The summed E-state index contributed by atoms with van der Waals surface area (Å²) in [5.41, 5.74) is 0.181. The van der Waals surface area contributed by atoms with E-state index in [1.807, 2.05) is 37.3 Å². The van der Waals surface area contributed by atoms with Gasteiger partial charge >= 0.3 is 5.97 Å². The third kappa shape index (κ3) is 4.48. The minimum absolute atomic E-state index is 0.223. The highest BCUT2D eigenvalue weighted by Crippen LogP contribution is 2.31. The third-order valence-corrected chi connectivity index (χ3v) is 5.45. The maximum absolute atomic E-state index is 12.5. The maximum atomic E-state index is 12.5. The van der Waals surface area contributed by atoms with Gasteiger partial charge in [0.15, 0.2) is 5.54 Å². The fourth-order valence-corrected chi connectivity index (χ4v) is 3.42. The lowest BCUT2D eigenvalue weighted by Crippen LogP contribution is -2.52. The van der Waals surface area contributed by atoms with Crippen LogP contribution in [0.1, 0.15) is 33.3 Å². The number of methoxy groups -OCH3 is 1. The Labute approximate surface area is 132 Å². The Morgan fingerprint density at radius 1 is 1.29 bits per heavy atom. The van der Waals surface area contributed by atoms with Crippen molar-refractivity contribution in [3.8, 4) is 0 Å². The zero-order valence-corrected chi connectivity index (χ0v) is 14.5. The molecule has 1 N–H and O–H groups in total. The molecule has 0 aromatic heterocycles. The van der Waals surface area contributed by atoms with Gasteiger partial charge in [-0.2, -0.15) is 11.8 Å². The monoisotopic (exact) mass is 309 g/mol. The molecular formula is C17H27NO2S. The van der Waals surface area contributed by atoms with E-state index in [1.54, 1.807) is 11.8 Å². The summed E-state index contributed by atoms with van der Waals surface area (Å²) in [6, 6.07) is 9.85. The molecule has 118 valence electrons. The Kier molecular flexibility index (Phi) is 7.26. The van der Waals surface area contributed by atoms with Crippen molar-refractivity contribution in [3.63, 3.8) is 0 Å². The van der Waals surface area contributed by atoms with E-state index in [2.05, 4.69) is 26.1 Å². The number of carbonyl (C=O) groups is 1. The van der Waals surface area contributed by atoms with E-state index in [0.717, 1.165) is 5.56 Å². The van der Waals surface area contributed by atoms with Crippen LogP contribution in [0.5, 0.6) is 0 Å². The number of carbonyl (C=O) groups excluding carboxylic acids is 1. The largest absolute Gasteiger partial charge is 0.467 e. The average Bonchev–Trinajstić information content (AvgIpc) is 2.51. The van der Waals surface area contributed by atoms with E-state index in [4.69, 9.17) is 4.74 Å². The van der Waals surface area contributed by atoms with E-state index in [0.29, 0.717) is 23.5 Å². The minimum atomic E-state index is -0.779. The fraction of sp³-hybridized carbons (Fsp3) is 0.588. The Morgan fingerprint density at radius 2 is 1.90 bits per heavy atom. The van der Waals surface area contributed by atoms with Crippen LogP contribution in [-0.2, 0) is 15.1 Å². The van der Waals surface area contributed by atoms with Gasteiger partial charge in [0.1, 0.15) is 0 Å². The molecule has 2 atom stereocenters. The van der Waals surface area contributed by atoms with Gasteiger partial charge in [0.05, 0.1) is 7.11 Å². The van der Waals surface area contributed by atoms with Gasteiger partial charge in [0.2, 0.25) is 0 Å². The van der Waals surface area contributed by atoms with E-state index in [-0.39, 0.29) is 5.97 Å². The van der Waals surface area contributed by atoms with E-state index in [9.17, 15) is 4.79 Å². The number of rotatable bonds is 8. The van der Waals surface area contributed by atoms with Crippen LogP contribution in [0.2, 0.25) is 0 Å². The molecule has 0 saturated carbocycles. The van der Waals surface area contributed by atoms with Crippen LogP contribution in [0.25, 0.3) is 0 Å². The van der Waals surface area contributed by atoms with Crippen molar-refractivity contribution in [1.29, 1.82) is 0 Å². The van der Waals surface area contributed by atoms with Crippen molar-refractivity contribution >= 4 is 17.7 Å².